The fourth-order valence-electron chi connectivity index (χ4n) is 2.94. The first-order valence-corrected chi connectivity index (χ1v) is 11.0. The van der Waals surface area contributed by atoms with Crippen LogP contribution in [0.4, 0.5) is 4.39 Å². The van der Waals surface area contributed by atoms with Gasteiger partial charge in [-0.05, 0) is 42.8 Å². The van der Waals surface area contributed by atoms with Crippen molar-refractivity contribution in [3.05, 3.63) is 93.0 Å². The van der Waals surface area contributed by atoms with E-state index in [2.05, 4.69) is 17.1 Å². The first-order chi connectivity index (χ1) is 14.5. The van der Waals surface area contributed by atoms with Crippen molar-refractivity contribution >= 4 is 23.1 Å². The molecule has 0 bridgehead atoms. The van der Waals surface area contributed by atoms with E-state index in [-0.39, 0.29) is 16.9 Å². The predicted molar refractivity (Wildman–Crippen MR) is 119 cm³/mol. The fraction of sp³-hybridized carbons (Fsp3) is 0.0870. The van der Waals surface area contributed by atoms with Crippen molar-refractivity contribution in [3.8, 4) is 27.9 Å². The van der Waals surface area contributed by atoms with Crippen LogP contribution in [0.1, 0.15) is 16.8 Å². The summed E-state index contributed by atoms with van der Waals surface area (Å²) in [5, 5.41) is 11.9. The highest BCUT2D eigenvalue weighted by Gasteiger charge is 2.12. The van der Waals surface area contributed by atoms with Crippen LogP contribution in [0.2, 0.25) is 0 Å². The van der Waals surface area contributed by atoms with Crippen molar-refractivity contribution in [1.82, 2.24) is 9.97 Å². The quantitative estimate of drug-likeness (QED) is 0.405. The van der Waals surface area contributed by atoms with Gasteiger partial charge in [0, 0.05) is 32.8 Å². The van der Waals surface area contributed by atoms with Gasteiger partial charge in [0.05, 0.1) is 5.69 Å². The molecule has 0 fully saturated rings. The molecule has 4 rings (SSSR count). The number of H-pyrrole nitrogens is 1. The number of aromatic nitrogens is 2. The Hall–Kier alpha value is -3.21. The summed E-state index contributed by atoms with van der Waals surface area (Å²) < 4.78 is 13.0. The number of thioether (sulfide) groups is 1. The monoisotopic (exact) mass is 433 g/mol. The Morgan fingerprint density at radius 1 is 1.17 bits per heavy atom. The van der Waals surface area contributed by atoms with Crippen LogP contribution in [0.3, 0.4) is 0 Å². The zero-order valence-electron chi connectivity index (χ0n) is 16.0. The minimum absolute atomic E-state index is 0.0770. The molecule has 0 saturated carbocycles. The van der Waals surface area contributed by atoms with E-state index in [9.17, 15) is 9.18 Å². The number of hydrogen-bond acceptors (Lipinski definition) is 5. The maximum Gasteiger partial charge on any atom is 0.266 e. The van der Waals surface area contributed by atoms with E-state index in [1.165, 1.54) is 29.0 Å². The Labute approximate surface area is 181 Å². The molecule has 0 aliphatic carbocycles. The van der Waals surface area contributed by atoms with E-state index in [0.29, 0.717) is 5.69 Å². The Kier molecular flexibility index (Phi) is 5.79. The third-order valence-electron chi connectivity index (χ3n) is 4.56. The molecule has 2 aromatic heterocycles. The van der Waals surface area contributed by atoms with E-state index >= 15 is 0 Å². The van der Waals surface area contributed by atoms with Gasteiger partial charge < -0.3 is 4.98 Å². The lowest BCUT2D eigenvalue weighted by Gasteiger charge is -2.04. The summed E-state index contributed by atoms with van der Waals surface area (Å²) in [6, 6.07) is 18.2. The van der Waals surface area contributed by atoms with Gasteiger partial charge in [0.1, 0.15) is 22.5 Å². The Bertz CT molecular complexity index is 1290. The normalized spacial score (nSPS) is 10.7. The van der Waals surface area contributed by atoms with Gasteiger partial charge in [-0.3, -0.25) is 4.79 Å². The second-order valence-corrected chi connectivity index (χ2v) is 8.55. The molecule has 0 aliphatic rings. The van der Waals surface area contributed by atoms with Crippen molar-refractivity contribution in [3.63, 3.8) is 0 Å². The number of benzene rings is 2. The zero-order chi connectivity index (χ0) is 21.1. The molecule has 30 heavy (non-hydrogen) atoms. The van der Waals surface area contributed by atoms with E-state index in [4.69, 9.17) is 10.2 Å². The first-order valence-electron chi connectivity index (χ1n) is 9.11. The van der Waals surface area contributed by atoms with E-state index in [1.807, 2.05) is 23.6 Å². The number of nitrogens with one attached hydrogen (secondary N) is 1. The Morgan fingerprint density at radius 3 is 2.60 bits per heavy atom. The minimum atomic E-state index is -0.386. The third-order valence-corrected chi connectivity index (χ3v) is 6.53. The number of nitriles is 1. The molecule has 2 aromatic carbocycles. The largest absolute Gasteiger partial charge is 0.325 e. The highest BCUT2D eigenvalue weighted by molar-refractivity contribution is 7.98. The van der Waals surface area contributed by atoms with Crippen LogP contribution in [0, 0.1) is 24.1 Å². The van der Waals surface area contributed by atoms with Crippen molar-refractivity contribution in [2.24, 2.45) is 0 Å². The maximum absolute atomic E-state index is 13.0. The molecule has 0 spiro atoms. The molecule has 148 valence electrons. The maximum atomic E-state index is 13.0. The highest BCUT2D eigenvalue weighted by atomic mass is 32.2. The number of aryl methyl sites for hydroxylation is 1. The number of thiazole rings is 1. The lowest BCUT2D eigenvalue weighted by Crippen LogP contribution is -2.11. The molecular weight excluding hydrogens is 417 g/mol. The highest BCUT2D eigenvalue weighted by Crippen LogP contribution is 2.31. The number of aromatic amines is 1. The molecule has 0 amide bonds. The van der Waals surface area contributed by atoms with Crippen molar-refractivity contribution in [1.29, 1.82) is 5.26 Å². The van der Waals surface area contributed by atoms with Crippen LogP contribution >= 0.6 is 23.1 Å². The van der Waals surface area contributed by atoms with Crippen LogP contribution in [-0.2, 0) is 5.75 Å². The topological polar surface area (TPSA) is 69.5 Å². The average Bonchev–Trinajstić information content (AvgIpc) is 3.24. The third kappa shape index (κ3) is 4.35. The van der Waals surface area contributed by atoms with E-state index < -0.39 is 0 Å². The van der Waals surface area contributed by atoms with Crippen LogP contribution in [-0.4, -0.2) is 9.97 Å². The minimum Gasteiger partial charge on any atom is -0.325 e. The molecule has 0 radical (unpaired) electrons. The number of rotatable bonds is 5. The molecule has 0 atom stereocenters. The Balaban J connectivity index is 1.51. The van der Waals surface area contributed by atoms with Crippen molar-refractivity contribution < 1.29 is 4.39 Å². The zero-order valence-corrected chi connectivity index (χ0v) is 17.6. The van der Waals surface area contributed by atoms with Crippen molar-refractivity contribution in [2.75, 3.05) is 0 Å². The number of halogens is 1. The van der Waals surface area contributed by atoms with E-state index in [1.54, 1.807) is 36.9 Å². The molecule has 2 heterocycles. The molecule has 0 aliphatic heterocycles. The lowest BCUT2D eigenvalue weighted by atomic mass is 10.1. The lowest BCUT2D eigenvalue weighted by molar-refractivity contribution is 0.626. The van der Waals surface area contributed by atoms with Gasteiger partial charge in [-0.1, -0.05) is 24.3 Å². The summed E-state index contributed by atoms with van der Waals surface area (Å²) >= 11 is 3.17. The summed E-state index contributed by atoms with van der Waals surface area (Å²) in [6.07, 6.45) is 0. The van der Waals surface area contributed by atoms with Gasteiger partial charge in [-0.15, -0.1) is 23.1 Å². The summed E-state index contributed by atoms with van der Waals surface area (Å²) in [6.45, 7) is 1.80. The first kappa shape index (κ1) is 20.1. The SMILES string of the molecule is Cc1[nH]c(=O)c(C#N)cc1-c1csc(-c2ccc(CSc3ccc(F)cc3)cc2)n1. The predicted octanol–water partition coefficient (Wildman–Crippen LogP) is 5.78. The van der Waals surface area contributed by atoms with Gasteiger partial charge in [0.15, 0.2) is 0 Å². The number of hydrogen-bond donors (Lipinski definition) is 1. The molecule has 7 heteroatoms. The number of nitrogens with zero attached hydrogens (tertiary/aromatic N) is 2. The van der Waals surface area contributed by atoms with Gasteiger partial charge >= 0.3 is 0 Å². The summed E-state index contributed by atoms with van der Waals surface area (Å²) in [5.74, 6) is 0.565. The van der Waals surface area contributed by atoms with Crippen LogP contribution in [0.5, 0.6) is 0 Å². The molecular formula is C23H16FN3OS2. The average molecular weight is 434 g/mol. The molecule has 0 saturated heterocycles. The second kappa shape index (κ2) is 8.66. The summed E-state index contributed by atoms with van der Waals surface area (Å²) in [7, 11) is 0. The van der Waals surface area contributed by atoms with Crippen LogP contribution in [0.15, 0.2) is 69.7 Å². The molecule has 4 aromatic rings. The van der Waals surface area contributed by atoms with Gasteiger partial charge in [-0.2, -0.15) is 5.26 Å². The summed E-state index contributed by atoms with van der Waals surface area (Å²) in [5.41, 5.74) is 4.03. The smallest absolute Gasteiger partial charge is 0.266 e. The second-order valence-electron chi connectivity index (χ2n) is 6.64. The van der Waals surface area contributed by atoms with Crippen LogP contribution < -0.4 is 5.56 Å². The van der Waals surface area contributed by atoms with Crippen LogP contribution in [0.25, 0.3) is 21.8 Å². The molecule has 0 unspecified atom stereocenters. The fourth-order valence-corrected chi connectivity index (χ4v) is 4.62. The number of pyridine rings is 1. The van der Waals surface area contributed by atoms with Gasteiger partial charge in [0.2, 0.25) is 0 Å². The standard InChI is InChI=1S/C23H16FN3OS2/c1-14-20(10-17(11-25)22(28)26-14)21-13-30-23(27-21)16-4-2-15(3-5-16)12-29-19-8-6-18(24)7-9-19/h2-10,13H,12H2,1H3,(H,26,28). The van der Waals surface area contributed by atoms with Gasteiger partial charge in [0.25, 0.3) is 5.56 Å². The Morgan fingerprint density at radius 2 is 1.90 bits per heavy atom. The van der Waals surface area contributed by atoms with Gasteiger partial charge in [-0.25, -0.2) is 9.37 Å². The van der Waals surface area contributed by atoms with E-state index in [0.717, 1.165) is 32.5 Å². The molecule has 4 nitrogen and oxygen atoms in total. The summed E-state index contributed by atoms with van der Waals surface area (Å²) in [4.78, 5) is 20.2. The molecule has 1 N–H and O–H groups in total. The van der Waals surface area contributed by atoms with Crippen molar-refractivity contribution in [2.45, 2.75) is 17.6 Å².